The van der Waals surface area contributed by atoms with Gasteiger partial charge in [0.05, 0.1) is 6.20 Å². The van der Waals surface area contributed by atoms with Crippen molar-refractivity contribution in [1.82, 2.24) is 20.4 Å². The first kappa shape index (κ1) is 16.1. The Morgan fingerprint density at radius 3 is 2.96 bits per heavy atom. The largest absolute Gasteiger partial charge is 0.466 e. The van der Waals surface area contributed by atoms with Crippen LogP contribution < -0.4 is 10.2 Å². The molecule has 1 saturated heterocycles. The van der Waals surface area contributed by atoms with Gasteiger partial charge in [0.25, 0.3) is 11.8 Å². The molecule has 2 atom stereocenters. The van der Waals surface area contributed by atoms with E-state index in [1.54, 1.807) is 6.07 Å². The Bertz CT molecular complexity index is 761. The molecule has 1 fully saturated rings. The number of β-lactam (4-membered cyclic amide) rings is 1. The quantitative estimate of drug-likeness (QED) is 0.647. The Kier molecular flexibility index (Phi) is 4.57. The third kappa shape index (κ3) is 3.28. The van der Waals surface area contributed by atoms with Gasteiger partial charge in [-0.05, 0) is 17.7 Å². The lowest BCUT2D eigenvalue weighted by atomic mass is 9.95. The van der Waals surface area contributed by atoms with Crippen molar-refractivity contribution in [3.8, 4) is 5.88 Å². The number of hydrogen-bond donors (Lipinski definition) is 1. The van der Waals surface area contributed by atoms with E-state index >= 15 is 0 Å². The molecule has 0 aliphatic carbocycles. The second kappa shape index (κ2) is 6.79. The van der Waals surface area contributed by atoms with Gasteiger partial charge in [-0.2, -0.15) is 0 Å². The maximum atomic E-state index is 13.3. The molecule has 2 aromatic rings. The molecule has 2 amide bonds. The number of rotatable bonds is 5. The molecule has 124 valence electrons. The van der Waals surface area contributed by atoms with Crippen LogP contribution in [0.5, 0.6) is 5.88 Å². The maximum absolute atomic E-state index is 13.3. The molecular formula is C15H12ClFN4O3. The van der Waals surface area contributed by atoms with E-state index in [1.807, 2.05) is 0 Å². The minimum absolute atomic E-state index is 0.180. The third-order valence-corrected chi connectivity index (χ3v) is 3.78. The predicted molar refractivity (Wildman–Crippen MR) is 81.3 cm³/mol. The zero-order chi connectivity index (χ0) is 17.1. The summed E-state index contributed by atoms with van der Waals surface area (Å²) in [5, 5.41) is 0.197. The van der Waals surface area contributed by atoms with Gasteiger partial charge in [0, 0.05) is 12.4 Å². The monoisotopic (exact) mass is 350 g/mol. The topological polar surface area (TPSA) is 84.4 Å². The lowest BCUT2D eigenvalue weighted by Crippen LogP contribution is -2.63. The molecule has 3 rings (SSSR count). The molecule has 1 aromatic carbocycles. The molecule has 1 aliphatic heterocycles. The van der Waals surface area contributed by atoms with Gasteiger partial charge >= 0.3 is 0 Å². The molecule has 7 nitrogen and oxygen atoms in total. The van der Waals surface area contributed by atoms with Crippen LogP contribution >= 0.6 is 11.6 Å². The Morgan fingerprint density at radius 1 is 1.42 bits per heavy atom. The zero-order valence-corrected chi connectivity index (χ0v) is 13.0. The molecule has 0 radical (unpaired) electrons. The van der Waals surface area contributed by atoms with E-state index in [1.165, 1.54) is 36.8 Å². The standard InChI is InChI=1S/C15H12ClFN4O3/c16-13-14(9-2-1-3-10(17)6-9)21(15(13)23)20-11(22)8-24-12-7-18-4-5-19-12/h1-7,13-14H,8H2,(H,20,22). The fraction of sp³-hybridized carbons (Fsp3) is 0.200. The van der Waals surface area contributed by atoms with Gasteiger partial charge in [0.2, 0.25) is 5.88 Å². The highest BCUT2D eigenvalue weighted by molar-refractivity contribution is 6.33. The average molecular weight is 351 g/mol. The number of benzene rings is 1. The number of ether oxygens (including phenoxy) is 1. The van der Waals surface area contributed by atoms with E-state index in [-0.39, 0.29) is 12.5 Å². The summed E-state index contributed by atoms with van der Waals surface area (Å²) in [5.41, 5.74) is 2.89. The molecule has 2 heterocycles. The van der Waals surface area contributed by atoms with E-state index in [0.29, 0.717) is 5.56 Å². The molecule has 1 N–H and O–H groups in total. The minimum Gasteiger partial charge on any atom is -0.466 e. The van der Waals surface area contributed by atoms with Gasteiger partial charge in [-0.15, -0.1) is 11.6 Å². The third-order valence-electron chi connectivity index (χ3n) is 3.35. The summed E-state index contributed by atoms with van der Waals surface area (Å²) in [7, 11) is 0. The summed E-state index contributed by atoms with van der Waals surface area (Å²) in [6, 6.07) is 5.04. The molecule has 1 aromatic heterocycles. The first-order valence-electron chi connectivity index (χ1n) is 6.97. The summed E-state index contributed by atoms with van der Waals surface area (Å²) in [6.45, 7) is -0.356. The molecule has 0 bridgehead atoms. The second-order valence-corrected chi connectivity index (χ2v) is 5.45. The van der Waals surface area contributed by atoms with Crippen LogP contribution in [0.4, 0.5) is 4.39 Å². The highest BCUT2D eigenvalue weighted by Gasteiger charge is 2.48. The minimum atomic E-state index is -0.868. The van der Waals surface area contributed by atoms with E-state index < -0.39 is 29.1 Å². The SMILES string of the molecule is O=C(COc1cnccn1)NN1C(=O)C(Cl)C1c1cccc(F)c1. The van der Waals surface area contributed by atoms with E-state index in [4.69, 9.17) is 16.3 Å². The van der Waals surface area contributed by atoms with Crippen molar-refractivity contribution in [1.29, 1.82) is 0 Å². The van der Waals surface area contributed by atoms with E-state index in [9.17, 15) is 14.0 Å². The highest BCUT2D eigenvalue weighted by Crippen LogP contribution is 2.37. The maximum Gasteiger partial charge on any atom is 0.276 e. The van der Waals surface area contributed by atoms with Crippen molar-refractivity contribution < 1.29 is 18.7 Å². The number of carbonyl (C=O) groups excluding carboxylic acids is 2. The lowest BCUT2D eigenvalue weighted by Gasteiger charge is -2.43. The molecule has 1 aliphatic rings. The smallest absolute Gasteiger partial charge is 0.276 e. The van der Waals surface area contributed by atoms with Gasteiger partial charge in [-0.1, -0.05) is 12.1 Å². The predicted octanol–water partition coefficient (Wildman–Crippen LogP) is 1.22. The first-order valence-corrected chi connectivity index (χ1v) is 7.41. The zero-order valence-electron chi connectivity index (χ0n) is 12.2. The fourth-order valence-corrected chi connectivity index (χ4v) is 2.62. The van der Waals surface area contributed by atoms with Gasteiger partial charge in [0.15, 0.2) is 6.61 Å². The lowest BCUT2D eigenvalue weighted by molar-refractivity contribution is -0.157. The summed E-state index contributed by atoms with van der Waals surface area (Å²) >= 11 is 5.99. The van der Waals surface area contributed by atoms with Gasteiger partial charge in [-0.3, -0.25) is 20.0 Å². The number of carbonyl (C=O) groups is 2. The number of hydrogen-bond acceptors (Lipinski definition) is 5. The average Bonchev–Trinajstić information content (AvgIpc) is 2.60. The molecular weight excluding hydrogens is 339 g/mol. The van der Waals surface area contributed by atoms with E-state index in [0.717, 1.165) is 5.01 Å². The van der Waals surface area contributed by atoms with Crippen LogP contribution in [0.1, 0.15) is 11.6 Å². The van der Waals surface area contributed by atoms with Gasteiger partial charge in [0.1, 0.15) is 17.2 Å². The number of nitrogens with zero attached hydrogens (tertiary/aromatic N) is 3. The number of hydrazine groups is 1. The van der Waals surface area contributed by atoms with Gasteiger partial charge in [-0.25, -0.2) is 14.4 Å². The van der Waals surface area contributed by atoms with Crippen LogP contribution in [0.25, 0.3) is 0 Å². The molecule has 24 heavy (non-hydrogen) atoms. The Balaban J connectivity index is 1.62. The summed E-state index contributed by atoms with van der Waals surface area (Å²) in [4.78, 5) is 31.4. The highest BCUT2D eigenvalue weighted by atomic mass is 35.5. The van der Waals surface area contributed by atoms with Crippen LogP contribution in [-0.2, 0) is 9.59 Å². The number of alkyl halides is 1. The second-order valence-electron chi connectivity index (χ2n) is 4.98. The fourth-order valence-electron chi connectivity index (χ4n) is 2.25. The van der Waals surface area contributed by atoms with Crippen LogP contribution in [0, 0.1) is 5.82 Å². The molecule has 0 saturated carbocycles. The van der Waals surface area contributed by atoms with Crippen molar-refractivity contribution in [3.63, 3.8) is 0 Å². The number of amides is 2. The number of aromatic nitrogens is 2. The van der Waals surface area contributed by atoms with Gasteiger partial charge < -0.3 is 4.74 Å². The Morgan fingerprint density at radius 2 is 2.25 bits per heavy atom. The molecule has 0 spiro atoms. The Hall–Kier alpha value is -2.74. The molecule has 2 unspecified atom stereocenters. The van der Waals surface area contributed by atoms with Crippen LogP contribution in [0.2, 0.25) is 0 Å². The van der Waals surface area contributed by atoms with Crippen molar-refractivity contribution in [3.05, 3.63) is 54.2 Å². The number of halogens is 2. The van der Waals surface area contributed by atoms with Crippen molar-refractivity contribution in [2.24, 2.45) is 0 Å². The van der Waals surface area contributed by atoms with Crippen LogP contribution in [-0.4, -0.2) is 38.8 Å². The summed E-state index contributed by atoms with van der Waals surface area (Å²) < 4.78 is 18.5. The van der Waals surface area contributed by atoms with Crippen molar-refractivity contribution in [2.45, 2.75) is 11.4 Å². The Labute approximate surface area is 141 Å². The van der Waals surface area contributed by atoms with Crippen LogP contribution in [0.3, 0.4) is 0 Å². The summed E-state index contributed by atoms with van der Waals surface area (Å²) in [6.07, 6.45) is 4.24. The first-order chi connectivity index (χ1) is 11.6. The van der Waals surface area contributed by atoms with Crippen molar-refractivity contribution in [2.75, 3.05) is 6.61 Å². The normalized spacial score (nSPS) is 19.6. The van der Waals surface area contributed by atoms with E-state index in [2.05, 4.69) is 15.4 Å². The van der Waals surface area contributed by atoms with Crippen LogP contribution in [0.15, 0.2) is 42.9 Å². The number of nitrogens with one attached hydrogen (secondary N) is 1. The summed E-state index contributed by atoms with van der Waals surface area (Å²) in [5.74, 6) is -1.31. The van der Waals surface area contributed by atoms with Crippen molar-refractivity contribution >= 4 is 23.4 Å². The molecule has 9 heteroatoms.